The number of carboxylic acids is 2. The van der Waals surface area contributed by atoms with Crippen molar-refractivity contribution >= 4 is 29.8 Å². The maximum atomic E-state index is 12.9. The lowest BCUT2D eigenvalue weighted by Gasteiger charge is -2.36. The van der Waals surface area contributed by atoms with Crippen LogP contribution in [-0.2, 0) is 38.2 Å². The highest BCUT2D eigenvalue weighted by atomic mass is 16.6. The highest BCUT2D eigenvalue weighted by molar-refractivity contribution is 5.82. The molecule has 1 saturated carbocycles. The van der Waals surface area contributed by atoms with E-state index in [-0.39, 0.29) is 47.5 Å². The number of carbonyl (C=O) groups excluding carboxylic acids is 3. The van der Waals surface area contributed by atoms with E-state index in [1.807, 2.05) is 0 Å². The van der Waals surface area contributed by atoms with Crippen LogP contribution in [0.15, 0.2) is 0 Å². The summed E-state index contributed by atoms with van der Waals surface area (Å²) in [6.45, 7) is 7.85. The highest BCUT2D eigenvalue weighted by Crippen LogP contribution is 2.42. The predicted octanol–water partition coefficient (Wildman–Crippen LogP) is 4.72. The van der Waals surface area contributed by atoms with Crippen molar-refractivity contribution < 1.29 is 48.4 Å². The van der Waals surface area contributed by atoms with Gasteiger partial charge >= 0.3 is 29.8 Å². The molecule has 1 aliphatic carbocycles. The van der Waals surface area contributed by atoms with Crippen LogP contribution in [0.4, 0.5) is 0 Å². The van der Waals surface area contributed by atoms with Gasteiger partial charge in [-0.3, -0.25) is 24.0 Å². The number of aliphatic carboxylic acids is 2. The predicted molar refractivity (Wildman–Crippen MR) is 138 cm³/mol. The lowest BCUT2D eigenvalue weighted by atomic mass is 9.68. The molecule has 5 atom stereocenters. The van der Waals surface area contributed by atoms with Gasteiger partial charge in [-0.25, -0.2) is 0 Å². The van der Waals surface area contributed by atoms with Gasteiger partial charge in [0, 0.05) is 0 Å². The first-order valence-electron chi connectivity index (χ1n) is 12.3. The summed E-state index contributed by atoms with van der Waals surface area (Å²) in [6, 6.07) is 0. The van der Waals surface area contributed by atoms with Gasteiger partial charge in [0.2, 0.25) is 0 Å². The van der Waals surface area contributed by atoms with Crippen LogP contribution in [0.25, 0.3) is 0 Å². The summed E-state index contributed by atoms with van der Waals surface area (Å²) in [5, 5.41) is 19.2. The topological polar surface area (TPSA) is 154 Å². The van der Waals surface area contributed by atoms with E-state index in [0.29, 0.717) is 19.3 Å². The van der Waals surface area contributed by atoms with Gasteiger partial charge in [-0.1, -0.05) is 41.5 Å². The maximum Gasteiger partial charge on any atom is 0.311 e. The highest BCUT2D eigenvalue weighted by Gasteiger charge is 2.46. The Morgan fingerprint density at radius 3 is 1.89 bits per heavy atom. The van der Waals surface area contributed by atoms with Crippen molar-refractivity contribution in [3.8, 4) is 0 Å². The van der Waals surface area contributed by atoms with Gasteiger partial charge in [-0.2, -0.15) is 0 Å². The summed E-state index contributed by atoms with van der Waals surface area (Å²) in [7, 11) is 0. The van der Waals surface area contributed by atoms with E-state index in [4.69, 9.17) is 14.2 Å². The summed E-state index contributed by atoms with van der Waals surface area (Å²) >= 11 is 0. The van der Waals surface area contributed by atoms with Gasteiger partial charge in [0.05, 0.1) is 35.2 Å². The molecule has 0 aromatic heterocycles. The third-order valence-electron chi connectivity index (χ3n) is 6.96. The van der Waals surface area contributed by atoms with Gasteiger partial charge in [-0.15, -0.1) is 0 Å². The molecule has 0 spiro atoms. The van der Waals surface area contributed by atoms with Crippen molar-refractivity contribution in [1.29, 1.82) is 0 Å². The SMILES string of the molecule is C.C.CCOC(=O)C(C)CC(C)(CC(C)(CC)C(=O)OCCOC(=O)C1CCCCC1C(=O)O)C(=O)O. The zero-order valence-electron chi connectivity index (χ0n) is 21.5. The second-order valence-corrected chi connectivity index (χ2v) is 9.95. The molecule has 1 rings (SSSR count). The van der Waals surface area contributed by atoms with E-state index in [0.717, 1.165) is 12.8 Å². The monoisotopic (exact) mass is 532 g/mol. The van der Waals surface area contributed by atoms with Gasteiger partial charge in [0.25, 0.3) is 0 Å². The average molecular weight is 533 g/mol. The third-order valence-corrected chi connectivity index (χ3v) is 6.96. The number of ether oxygens (including phenoxy) is 3. The fraction of sp³-hybridized carbons (Fsp3) is 0.815. The second kappa shape index (κ2) is 16.2. The molecule has 0 amide bonds. The molecule has 1 fully saturated rings. The van der Waals surface area contributed by atoms with Crippen LogP contribution < -0.4 is 0 Å². The molecule has 0 saturated heterocycles. The molecule has 0 radical (unpaired) electrons. The largest absolute Gasteiger partial charge is 0.481 e. The van der Waals surface area contributed by atoms with Crippen molar-refractivity contribution in [2.75, 3.05) is 19.8 Å². The normalized spacial score (nSPS) is 20.9. The van der Waals surface area contributed by atoms with Crippen molar-refractivity contribution in [2.45, 2.75) is 94.4 Å². The molecule has 0 aromatic rings. The van der Waals surface area contributed by atoms with Crippen molar-refractivity contribution in [2.24, 2.45) is 28.6 Å². The van der Waals surface area contributed by atoms with Crippen LogP contribution in [0.2, 0.25) is 0 Å². The second-order valence-electron chi connectivity index (χ2n) is 9.95. The minimum atomic E-state index is -1.38. The van der Waals surface area contributed by atoms with Gasteiger partial charge in [-0.05, 0) is 52.9 Å². The Labute approximate surface area is 221 Å². The Kier molecular flexibility index (Phi) is 16.0. The minimum Gasteiger partial charge on any atom is -0.481 e. The molecule has 0 heterocycles. The molecule has 0 aliphatic heterocycles. The molecule has 10 heteroatoms. The van der Waals surface area contributed by atoms with E-state index in [1.54, 1.807) is 27.7 Å². The molecule has 2 N–H and O–H groups in total. The fourth-order valence-corrected chi connectivity index (χ4v) is 4.75. The Balaban J connectivity index is 0. The Hall–Kier alpha value is -2.65. The van der Waals surface area contributed by atoms with E-state index in [1.165, 1.54) is 6.92 Å². The summed E-state index contributed by atoms with van der Waals surface area (Å²) in [5.41, 5.74) is -2.53. The maximum absolute atomic E-state index is 12.9. The first kappa shape index (κ1) is 36.5. The lowest BCUT2D eigenvalue weighted by molar-refractivity contribution is -0.167. The lowest BCUT2D eigenvalue weighted by Crippen LogP contribution is -2.41. The van der Waals surface area contributed by atoms with Crippen LogP contribution in [0.5, 0.6) is 0 Å². The van der Waals surface area contributed by atoms with E-state index in [9.17, 15) is 34.2 Å². The number of rotatable bonds is 14. The number of esters is 3. The summed E-state index contributed by atoms with van der Waals surface area (Å²) in [4.78, 5) is 60.8. The Morgan fingerprint density at radius 2 is 1.41 bits per heavy atom. The molecular weight excluding hydrogens is 484 g/mol. The smallest absolute Gasteiger partial charge is 0.311 e. The van der Waals surface area contributed by atoms with E-state index in [2.05, 4.69) is 0 Å². The summed E-state index contributed by atoms with van der Waals surface area (Å²) < 4.78 is 15.5. The molecule has 5 unspecified atom stereocenters. The summed E-state index contributed by atoms with van der Waals surface area (Å²) in [6.07, 6.45) is 2.61. The zero-order valence-corrected chi connectivity index (χ0v) is 21.5. The number of hydrogen-bond donors (Lipinski definition) is 2. The van der Waals surface area contributed by atoms with Crippen LogP contribution in [0.3, 0.4) is 0 Å². The number of hydrogen-bond acceptors (Lipinski definition) is 8. The van der Waals surface area contributed by atoms with Crippen LogP contribution in [0.1, 0.15) is 94.4 Å². The van der Waals surface area contributed by atoms with E-state index >= 15 is 0 Å². The van der Waals surface area contributed by atoms with Gasteiger partial charge in [0.1, 0.15) is 13.2 Å². The van der Waals surface area contributed by atoms with Gasteiger partial charge < -0.3 is 24.4 Å². The molecule has 0 aromatic carbocycles. The average Bonchev–Trinajstić information content (AvgIpc) is 2.81. The molecule has 37 heavy (non-hydrogen) atoms. The molecule has 216 valence electrons. The van der Waals surface area contributed by atoms with Crippen molar-refractivity contribution in [1.82, 2.24) is 0 Å². The molecule has 10 nitrogen and oxygen atoms in total. The Morgan fingerprint density at radius 1 is 0.865 bits per heavy atom. The first-order chi connectivity index (χ1) is 16.3. The zero-order chi connectivity index (χ0) is 26.8. The van der Waals surface area contributed by atoms with E-state index < -0.39 is 58.4 Å². The minimum absolute atomic E-state index is 0. The van der Waals surface area contributed by atoms with Crippen molar-refractivity contribution in [3.05, 3.63) is 0 Å². The number of carbonyl (C=O) groups is 5. The van der Waals surface area contributed by atoms with Crippen molar-refractivity contribution in [3.63, 3.8) is 0 Å². The van der Waals surface area contributed by atoms with Crippen LogP contribution >= 0.6 is 0 Å². The quantitative estimate of drug-likeness (QED) is 0.182. The third kappa shape index (κ3) is 10.3. The molecular formula is C27H48O10. The van der Waals surface area contributed by atoms with Crippen LogP contribution in [0, 0.1) is 28.6 Å². The molecule has 0 bridgehead atoms. The molecule has 1 aliphatic rings. The van der Waals surface area contributed by atoms with Crippen LogP contribution in [-0.4, -0.2) is 59.9 Å². The standard InChI is InChI=1S/C25H40O10.2CH4/c1-6-24(4,15-25(5,22(30)31)14-16(3)20(28)33-7-2)23(32)35-13-12-34-21(29)18-11-9-8-10-17(18)19(26)27;;/h16-18H,6-15H2,1-5H3,(H,26,27)(H,30,31);2*1H4. The Bertz CT molecular complexity index is 779. The number of carboxylic acid groups (broad SMARTS) is 2. The first-order valence-corrected chi connectivity index (χ1v) is 12.3. The van der Waals surface area contributed by atoms with Gasteiger partial charge in [0.15, 0.2) is 0 Å². The fourth-order valence-electron chi connectivity index (χ4n) is 4.75. The summed E-state index contributed by atoms with van der Waals surface area (Å²) in [5.74, 6) is -6.03.